The van der Waals surface area contributed by atoms with Gasteiger partial charge in [-0.1, -0.05) is 0 Å². The van der Waals surface area contributed by atoms with E-state index in [1.165, 1.54) is 0 Å². The monoisotopic (exact) mass is 308 g/mol. The maximum Gasteiger partial charge on any atom is 3.00 e. The zero-order chi connectivity index (χ0) is 16.6. The van der Waals surface area contributed by atoms with Gasteiger partial charge >= 0.3 is 14.4 Å². The summed E-state index contributed by atoms with van der Waals surface area (Å²) >= 11 is 0. The second kappa shape index (κ2) is 10.6. The minimum Gasteiger partial charge on any atom is -0.547 e. The molecule has 13 heteroatoms. The van der Waals surface area contributed by atoms with Gasteiger partial charge in [0.15, 0.2) is 6.10 Å². The van der Waals surface area contributed by atoms with E-state index in [9.17, 15) is 34.5 Å². The van der Waals surface area contributed by atoms with Crippen LogP contribution in [0.4, 0.5) is 0 Å². The van der Waals surface area contributed by atoms with E-state index >= 15 is 0 Å². The van der Waals surface area contributed by atoms with Gasteiger partial charge in [0, 0.05) is 0 Å². The standard InChI is InChI=1S/2C4H6O6.B/c2*5-1(3(7)8)2(6)4(9)10;/h2*1-2,5-6H,(H,7,8)(H,9,10);/q;;+3/p-3. The molecule has 0 bridgehead atoms. The molecule has 0 saturated heterocycles. The molecule has 0 aliphatic carbocycles. The summed E-state index contributed by atoms with van der Waals surface area (Å²) in [5.74, 6) is -7.94. The molecule has 116 valence electrons. The number of hydrogen-bond acceptors (Lipinski definition) is 11. The van der Waals surface area contributed by atoms with Crippen LogP contribution >= 0.6 is 0 Å². The van der Waals surface area contributed by atoms with Gasteiger partial charge in [-0.15, -0.1) is 0 Å². The van der Waals surface area contributed by atoms with Crippen LogP contribution in [-0.4, -0.2) is 82.2 Å². The number of carbonyl (C=O) groups is 4. The first-order valence-electron chi connectivity index (χ1n) is 4.51. The molecular weight excluding hydrogens is 299 g/mol. The Morgan fingerprint density at radius 1 is 0.619 bits per heavy atom. The van der Waals surface area contributed by atoms with Gasteiger partial charge in [0.2, 0.25) is 0 Å². The van der Waals surface area contributed by atoms with Crippen LogP contribution in [-0.2, 0) is 19.2 Å². The summed E-state index contributed by atoms with van der Waals surface area (Å²) in [6.07, 6.45) is -9.59. The Morgan fingerprint density at radius 3 is 0.905 bits per heavy atom. The van der Waals surface area contributed by atoms with E-state index in [1.54, 1.807) is 0 Å². The maximum atomic E-state index is 9.74. The number of carboxylic acid groups (broad SMARTS) is 4. The van der Waals surface area contributed by atoms with Crippen LogP contribution in [0.5, 0.6) is 0 Å². The fraction of sp³-hybridized carbons (Fsp3) is 0.500. The van der Waals surface area contributed by atoms with Crippen molar-refractivity contribution in [3.05, 3.63) is 0 Å². The third-order valence-corrected chi connectivity index (χ3v) is 1.58. The molecule has 0 spiro atoms. The number of carbonyl (C=O) groups excluding carboxylic acids is 3. The first-order chi connectivity index (χ1) is 8.93. The molecule has 0 saturated carbocycles. The van der Waals surface area contributed by atoms with Crippen molar-refractivity contribution in [2.45, 2.75) is 24.4 Å². The SMILES string of the molecule is O=C([O-])C(O)C(O)C(=O)O.O=C([O-])C(O)C(O)C(=O)[O-].[B+3]. The van der Waals surface area contributed by atoms with Gasteiger partial charge in [0.25, 0.3) is 0 Å². The fourth-order valence-corrected chi connectivity index (χ4v) is 0.522. The van der Waals surface area contributed by atoms with Gasteiger partial charge in [0.05, 0.1) is 17.9 Å². The molecule has 0 aliphatic heterocycles. The molecule has 21 heavy (non-hydrogen) atoms. The van der Waals surface area contributed by atoms with Crippen LogP contribution in [0.25, 0.3) is 0 Å². The molecule has 0 aliphatic rings. The summed E-state index contributed by atoms with van der Waals surface area (Å²) in [4.78, 5) is 38.7. The van der Waals surface area contributed by atoms with Crippen molar-refractivity contribution >= 4 is 32.3 Å². The van der Waals surface area contributed by atoms with Crippen LogP contribution in [0.2, 0.25) is 0 Å². The van der Waals surface area contributed by atoms with Crippen molar-refractivity contribution in [1.82, 2.24) is 0 Å². The number of carboxylic acids is 4. The number of aliphatic carboxylic acids is 4. The first kappa shape index (κ1) is 23.8. The fourth-order valence-electron chi connectivity index (χ4n) is 0.522. The van der Waals surface area contributed by atoms with Crippen LogP contribution in [0.15, 0.2) is 0 Å². The zero-order valence-electron chi connectivity index (χ0n) is 9.98. The molecule has 0 fully saturated rings. The predicted molar refractivity (Wildman–Crippen MR) is 52.4 cm³/mol. The summed E-state index contributed by atoms with van der Waals surface area (Å²) < 4.78 is 0. The van der Waals surface area contributed by atoms with E-state index < -0.39 is 48.3 Å². The predicted octanol–water partition coefficient (Wildman–Crippen LogP) is -8.63. The Balaban J connectivity index is -0.000000295. The summed E-state index contributed by atoms with van der Waals surface area (Å²) in [6.45, 7) is 0. The van der Waals surface area contributed by atoms with Gasteiger partial charge < -0.3 is 55.2 Å². The number of hydrogen-bond donors (Lipinski definition) is 5. The molecule has 0 rings (SSSR count). The van der Waals surface area contributed by atoms with Crippen molar-refractivity contribution in [1.29, 1.82) is 0 Å². The van der Waals surface area contributed by atoms with E-state index in [0.29, 0.717) is 0 Å². The molecule has 0 radical (unpaired) electrons. The van der Waals surface area contributed by atoms with Gasteiger partial charge in [-0.2, -0.15) is 0 Å². The van der Waals surface area contributed by atoms with Crippen molar-refractivity contribution in [2.75, 3.05) is 0 Å². The molecule has 4 atom stereocenters. The average Bonchev–Trinajstić information content (AvgIpc) is 2.35. The summed E-state index contributed by atoms with van der Waals surface area (Å²) in [5, 5.41) is 69.9. The number of aliphatic hydroxyl groups is 4. The van der Waals surface area contributed by atoms with E-state index in [2.05, 4.69) is 0 Å². The molecule has 4 unspecified atom stereocenters. The molecule has 0 aromatic heterocycles. The second-order valence-electron chi connectivity index (χ2n) is 3.07. The molecule has 0 amide bonds. The molecule has 0 heterocycles. The zero-order valence-corrected chi connectivity index (χ0v) is 9.98. The Bertz CT molecular complexity index is 309. The Kier molecular flexibility index (Phi) is 12.0. The van der Waals surface area contributed by atoms with E-state index in [4.69, 9.17) is 25.5 Å². The first-order valence-corrected chi connectivity index (χ1v) is 4.51. The van der Waals surface area contributed by atoms with Crippen molar-refractivity contribution in [2.24, 2.45) is 0 Å². The van der Waals surface area contributed by atoms with E-state index in [0.717, 1.165) is 0 Å². The normalized spacial score (nSPS) is 15.0. The number of aliphatic hydroxyl groups excluding tert-OH is 4. The largest absolute Gasteiger partial charge is 3.00 e. The van der Waals surface area contributed by atoms with Crippen molar-refractivity contribution in [3.8, 4) is 0 Å². The van der Waals surface area contributed by atoms with Crippen LogP contribution in [0.3, 0.4) is 0 Å². The third-order valence-electron chi connectivity index (χ3n) is 1.58. The smallest absolute Gasteiger partial charge is 0.547 e. The molecule has 5 N–H and O–H groups in total. The maximum absolute atomic E-state index is 9.74. The van der Waals surface area contributed by atoms with Gasteiger partial charge in [0.1, 0.15) is 18.3 Å². The quantitative estimate of drug-likeness (QED) is 0.287. The Labute approximate surface area is 118 Å². The molecule has 12 nitrogen and oxygen atoms in total. The second-order valence-corrected chi connectivity index (χ2v) is 3.07. The Morgan fingerprint density at radius 2 is 0.810 bits per heavy atom. The average molecular weight is 308 g/mol. The molecule has 0 aromatic rings. The summed E-state index contributed by atoms with van der Waals surface area (Å²) in [5.41, 5.74) is 0. The minimum atomic E-state index is -2.44. The van der Waals surface area contributed by atoms with Crippen LogP contribution in [0, 0.1) is 0 Å². The van der Waals surface area contributed by atoms with Crippen LogP contribution in [0.1, 0.15) is 0 Å². The van der Waals surface area contributed by atoms with Crippen LogP contribution < -0.4 is 15.3 Å². The topological polar surface area (TPSA) is 239 Å². The summed E-state index contributed by atoms with van der Waals surface area (Å²) in [6, 6.07) is 0. The third kappa shape index (κ3) is 9.34. The van der Waals surface area contributed by atoms with Crippen molar-refractivity contribution in [3.63, 3.8) is 0 Å². The number of rotatable bonds is 6. The van der Waals surface area contributed by atoms with E-state index in [1.807, 2.05) is 0 Å². The van der Waals surface area contributed by atoms with Gasteiger partial charge in [-0.05, 0) is 0 Å². The van der Waals surface area contributed by atoms with Gasteiger partial charge in [-0.3, -0.25) is 0 Å². The van der Waals surface area contributed by atoms with Crippen molar-refractivity contribution < 1.29 is 60.0 Å². The minimum absolute atomic E-state index is 0. The van der Waals surface area contributed by atoms with Gasteiger partial charge in [-0.25, -0.2) is 4.79 Å². The molecular formula is C8H9BO12. The summed E-state index contributed by atoms with van der Waals surface area (Å²) in [7, 11) is 0. The Hall–Kier alpha value is -2.22. The molecule has 0 aromatic carbocycles. The van der Waals surface area contributed by atoms with E-state index in [-0.39, 0.29) is 8.41 Å².